The summed E-state index contributed by atoms with van der Waals surface area (Å²) in [5, 5.41) is 10.5. The monoisotopic (exact) mass is 272 g/mol. The number of hydrogen-bond acceptors (Lipinski definition) is 4. The number of nitrogens with one attached hydrogen (secondary N) is 1. The minimum Gasteiger partial charge on any atom is -0.474 e. The zero-order valence-electron chi connectivity index (χ0n) is 11.4. The number of hydrogen-bond donors (Lipinski definition) is 2. The summed E-state index contributed by atoms with van der Waals surface area (Å²) < 4.78 is 5.58. The number of aliphatic hydroxyl groups is 1. The average molecular weight is 272 g/mol. The fraction of sp³-hybridized carbons (Fsp3) is 0.357. The molecule has 0 saturated heterocycles. The molecule has 0 unspecified atom stereocenters. The number of aromatic nitrogens is 3. The Labute approximate surface area is 117 Å². The van der Waals surface area contributed by atoms with Crippen LogP contribution in [0.15, 0.2) is 24.8 Å². The van der Waals surface area contributed by atoms with Crippen molar-refractivity contribution in [2.45, 2.75) is 25.9 Å². The van der Waals surface area contributed by atoms with Gasteiger partial charge in [-0.3, -0.25) is 0 Å². The molecule has 20 heavy (non-hydrogen) atoms. The van der Waals surface area contributed by atoms with Crippen LogP contribution in [0.25, 0.3) is 15.9 Å². The van der Waals surface area contributed by atoms with Gasteiger partial charge < -0.3 is 14.8 Å². The van der Waals surface area contributed by atoms with Crippen molar-refractivity contribution in [1.82, 2.24) is 15.0 Å². The highest BCUT2D eigenvalue weighted by Gasteiger charge is 2.17. The molecule has 6 nitrogen and oxygen atoms in total. The van der Waals surface area contributed by atoms with Crippen LogP contribution in [0.4, 0.5) is 0 Å². The lowest BCUT2D eigenvalue weighted by Gasteiger charge is -2.17. The lowest BCUT2D eigenvalue weighted by Crippen LogP contribution is -2.28. The summed E-state index contributed by atoms with van der Waals surface area (Å²) in [6, 6.07) is 0. The van der Waals surface area contributed by atoms with Crippen LogP contribution < -0.4 is 4.74 Å². The van der Waals surface area contributed by atoms with E-state index in [1.165, 1.54) is 12.5 Å². The highest BCUT2D eigenvalue weighted by atomic mass is 16.5. The second-order valence-electron chi connectivity index (χ2n) is 5.04. The second-order valence-corrected chi connectivity index (χ2v) is 5.04. The normalized spacial score (nSPS) is 11.9. The maximum atomic E-state index is 9.72. The smallest absolute Gasteiger partial charge is 0.226 e. The lowest BCUT2D eigenvalue weighted by molar-refractivity contribution is 0.0274. The molecule has 6 heteroatoms. The molecule has 0 bridgehead atoms. The topological polar surface area (TPSA) is 75.4 Å². The number of allylic oxidation sites excluding steroid dienone is 1. The van der Waals surface area contributed by atoms with Gasteiger partial charge in [-0.25, -0.2) is 14.8 Å². The van der Waals surface area contributed by atoms with E-state index in [0.29, 0.717) is 17.9 Å². The number of rotatable bonds is 5. The molecule has 2 rings (SSSR count). The summed E-state index contributed by atoms with van der Waals surface area (Å²) in [6.45, 7) is 10.2. The average Bonchev–Trinajstić information content (AvgIpc) is 2.80. The molecule has 0 amide bonds. The van der Waals surface area contributed by atoms with Gasteiger partial charge in [-0.2, -0.15) is 0 Å². The third-order valence-electron chi connectivity index (χ3n) is 2.60. The Hall–Kier alpha value is -2.39. The highest BCUT2D eigenvalue weighted by Crippen LogP contribution is 2.26. The van der Waals surface area contributed by atoms with Crippen molar-refractivity contribution in [3.63, 3.8) is 0 Å². The largest absolute Gasteiger partial charge is 0.474 e. The van der Waals surface area contributed by atoms with E-state index in [4.69, 9.17) is 11.3 Å². The predicted octanol–water partition coefficient (Wildman–Crippen LogP) is 2.08. The molecule has 0 spiro atoms. The molecule has 0 fully saturated rings. The van der Waals surface area contributed by atoms with Crippen LogP contribution in [-0.4, -0.2) is 32.3 Å². The van der Waals surface area contributed by atoms with E-state index in [1.807, 2.05) is 6.20 Å². The minimum absolute atomic E-state index is 0.141. The van der Waals surface area contributed by atoms with Gasteiger partial charge in [-0.05, 0) is 25.8 Å². The maximum absolute atomic E-state index is 9.72. The van der Waals surface area contributed by atoms with Gasteiger partial charge >= 0.3 is 0 Å². The molecule has 0 aliphatic rings. The summed E-state index contributed by atoms with van der Waals surface area (Å²) in [7, 11) is 0. The van der Waals surface area contributed by atoms with Crippen molar-refractivity contribution in [3.8, 4) is 5.88 Å². The molecule has 2 aromatic heterocycles. The van der Waals surface area contributed by atoms with Crippen LogP contribution >= 0.6 is 0 Å². The Morgan fingerprint density at radius 2 is 2.30 bits per heavy atom. The first-order chi connectivity index (χ1) is 9.51. The Morgan fingerprint density at radius 1 is 1.50 bits per heavy atom. The third kappa shape index (κ3) is 3.33. The van der Waals surface area contributed by atoms with E-state index in [1.54, 1.807) is 19.9 Å². The Balaban J connectivity index is 2.32. The van der Waals surface area contributed by atoms with Crippen molar-refractivity contribution in [3.05, 3.63) is 41.8 Å². The van der Waals surface area contributed by atoms with Crippen molar-refractivity contribution < 1.29 is 9.84 Å². The second kappa shape index (κ2) is 5.72. The molecule has 2 N–H and O–H groups in total. The number of nitrogens with zero attached hydrogens (tertiary/aromatic N) is 3. The van der Waals surface area contributed by atoms with Gasteiger partial charge in [0, 0.05) is 6.20 Å². The SMILES string of the molecule is [C-]#[N+]/C=C\Cc1c[nH]c2ncnc(OCC(C)(C)O)c12. The third-order valence-corrected chi connectivity index (χ3v) is 2.60. The van der Waals surface area contributed by atoms with Crippen LogP contribution in [0.2, 0.25) is 0 Å². The first kappa shape index (κ1) is 14.0. The maximum Gasteiger partial charge on any atom is 0.226 e. The summed E-state index contributed by atoms with van der Waals surface area (Å²) in [5.41, 5.74) is 0.695. The lowest BCUT2D eigenvalue weighted by atomic mass is 10.1. The van der Waals surface area contributed by atoms with Gasteiger partial charge in [-0.1, -0.05) is 6.08 Å². The number of H-pyrrole nitrogens is 1. The van der Waals surface area contributed by atoms with E-state index in [9.17, 15) is 5.11 Å². The van der Waals surface area contributed by atoms with Gasteiger partial charge in [-0.15, -0.1) is 0 Å². The summed E-state index contributed by atoms with van der Waals surface area (Å²) in [6.07, 6.45) is 7.01. The Morgan fingerprint density at radius 3 is 3.00 bits per heavy atom. The molecule has 104 valence electrons. The predicted molar refractivity (Wildman–Crippen MR) is 75.1 cm³/mol. The number of fused-ring (bicyclic) bond motifs is 1. The van der Waals surface area contributed by atoms with Crippen molar-refractivity contribution in [1.29, 1.82) is 0 Å². The molecule has 2 heterocycles. The van der Waals surface area contributed by atoms with Crippen LogP contribution in [0, 0.1) is 6.57 Å². The Bertz CT molecular complexity index is 662. The molecule has 0 aromatic carbocycles. The van der Waals surface area contributed by atoms with Gasteiger partial charge in [0.15, 0.2) is 6.20 Å². The fourth-order valence-corrected chi connectivity index (χ4v) is 1.74. The van der Waals surface area contributed by atoms with Crippen molar-refractivity contribution in [2.24, 2.45) is 0 Å². The van der Waals surface area contributed by atoms with Crippen LogP contribution in [0.1, 0.15) is 19.4 Å². The molecule has 0 aliphatic heterocycles. The standard InChI is InChI=1S/C14H16N4O2/c1-14(2,19)8-20-13-11-10(5-4-6-15-3)7-16-12(11)17-9-18-13/h4,6-7,9,19H,5,8H2,1-2H3,(H,16,17,18)/b6-4-. The van der Waals surface area contributed by atoms with Gasteiger partial charge in [0.2, 0.25) is 5.88 Å². The zero-order valence-corrected chi connectivity index (χ0v) is 11.4. The van der Waals surface area contributed by atoms with E-state index in [-0.39, 0.29) is 6.61 Å². The molecule has 0 aliphatic carbocycles. The van der Waals surface area contributed by atoms with Gasteiger partial charge in [0.25, 0.3) is 0 Å². The van der Waals surface area contributed by atoms with E-state index < -0.39 is 5.60 Å². The van der Waals surface area contributed by atoms with Crippen LogP contribution in [0.5, 0.6) is 5.88 Å². The summed E-state index contributed by atoms with van der Waals surface area (Å²) in [4.78, 5) is 14.5. The molecular weight excluding hydrogens is 256 g/mol. The van der Waals surface area contributed by atoms with Crippen LogP contribution in [0.3, 0.4) is 0 Å². The fourth-order valence-electron chi connectivity index (χ4n) is 1.74. The molecule has 0 saturated carbocycles. The first-order valence-electron chi connectivity index (χ1n) is 6.19. The minimum atomic E-state index is -0.933. The van der Waals surface area contributed by atoms with E-state index in [0.717, 1.165) is 10.9 Å². The van der Waals surface area contributed by atoms with Crippen LogP contribution in [-0.2, 0) is 6.42 Å². The summed E-state index contributed by atoms with van der Waals surface area (Å²) >= 11 is 0. The molecular formula is C14H16N4O2. The number of aromatic amines is 1. The first-order valence-corrected chi connectivity index (χ1v) is 6.19. The van der Waals surface area contributed by atoms with Crippen molar-refractivity contribution >= 4 is 11.0 Å². The van der Waals surface area contributed by atoms with E-state index in [2.05, 4.69) is 19.8 Å². The number of ether oxygens (including phenoxy) is 1. The zero-order chi connectivity index (χ0) is 14.6. The van der Waals surface area contributed by atoms with E-state index >= 15 is 0 Å². The van der Waals surface area contributed by atoms with Crippen molar-refractivity contribution in [2.75, 3.05) is 6.61 Å². The van der Waals surface area contributed by atoms with Gasteiger partial charge in [0.05, 0.1) is 17.6 Å². The molecule has 0 radical (unpaired) electrons. The quantitative estimate of drug-likeness (QED) is 0.817. The molecule has 0 atom stereocenters. The summed E-state index contributed by atoms with van der Waals surface area (Å²) in [5.74, 6) is 0.435. The highest BCUT2D eigenvalue weighted by molar-refractivity contribution is 5.84. The van der Waals surface area contributed by atoms with Gasteiger partial charge in [0.1, 0.15) is 18.6 Å². The molecule has 2 aromatic rings. The Kier molecular flexibility index (Phi) is 4.01.